The van der Waals surface area contributed by atoms with Crippen LogP contribution in [0.3, 0.4) is 0 Å². The van der Waals surface area contributed by atoms with Gasteiger partial charge in [0, 0.05) is 5.56 Å². The molecule has 1 fully saturated rings. The Morgan fingerprint density at radius 2 is 2.05 bits per heavy atom. The van der Waals surface area contributed by atoms with Crippen LogP contribution >= 0.6 is 12.4 Å². The average molecular weight is 314 g/mol. The molecule has 5 heteroatoms. The van der Waals surface area contributed by atoms with E-state index < -0.39 is 0 Å². The number of rotatable bonds is 6. The molecule has 1 aromatic rings. The van der Waals surface area contributed by atoms with Crippen LogP contribution in [-0.4, -0.2) is 42.0 Å². The van der Waals surface area contributed by atoms with Gasteiger partial charge in [-0.1, -0.05) is 13.3 Å². The van der Waals surface area contributed by atoms with Crippen LogP contribution in [0.2, 0.25) is 0 Å². The van der Waals surface area contributed by atoms with Crippen molar-refractivity contribution in [1.82, 2.24) is 4.90 Å². The summed E-state index contributed by atoms with van der Waals surface area (Å²) in [5.74, 6) is 0.553. The quantitative estimate of drug-likeness (QED) is 0.819. The molecule has 0 spiro atoms. The van der Waals surface area contributed by atoms with Gasteiger partial charge in [-0.2, -0.15) is 0 Å². The van der Waals surface area contributed by atoms with Crippen molar-refractivity contribution < 1.29 is 14.6 Å². The number of hydrogen-bond donors (Lipinski definition) is 1. The first-order valence-electron chi connectivity index (χ1n) is 7.32. The van der Waals surface area contributed by atoms with Crippen LogP contribution in [0.5, 0.6) is 11.5 Å². The summed E-state index contributed by atoms with van der Waals surface area (Å²) in [7, 11) is 1.49. The van der Waals surface area contributed by atoms with E-state index in [-0.39, 0.29) is 30.0 Å². The molecule has 0 aromatic heterocycles. The fraction of sp³-hybridized carbons (Fsp3) is 0.562. The number of phenols is 1. The van der Waals surface area contributed by atoms with Gasteiger partial charge >= 0.3 is 0 Å². The van der Waals surface area contributed by atoms with Crippen molar-refractivity contribution in [2.24, 2.45) is 0 Å². The lowest BCUT2D eigenvalue weighted by Gasteiger charge is -2.26. The van der Waals surface area contributed by atoms with Gasteiger partial charge in [0.15, 0.2) is 17.3 Å². The van der Waals surface area contributed by atoms with Gasteiger partial charge in [-0.25, -0.2) is 0 Å². The van der Waals surface area contributed by atoms with E-state index in [0.29, 0.717) is 11.3 Å². The third-order valence-electron chi connectivity index (χ3n) is 3.91. The zero-order valence-electron chi connectivity index (χ0n) is 12.7. The Bertz CT molecular complexity index is 473. The van der Waals surface area contributed by atoms with Gasteiger partial charge in [0.1, 0.15) is 0 Å². The summed E-state index contributed by atoms with van der Waals surface area (Å²) in [6, 6.07) is 4.80. The number of carbonyl (C=O) groups excluding carboxylic acids is 1. The van der Waals surface area contributed by atoms with Crippen LogP contribution in [-0.2, 0) is 0 Å². The second kappa shape index (κ2) is 8.25. The highest BCUT2D eigenvalue weighted by Gasteiger charge is 2.28. The molecule has 1 aliphatic heterocycles. The van der Waals surface area contributed by atoms with Crippen LogP contribution in [0.15, 0.2) is 18.2 Å². The van der Waals surface area contributed by atoms with Gasteiger partial charge < -0.3 is 9.84 Å². The van der Waals surface area contributed by atoms with E-state index in [9.17, 15) is 9.90 Å². The van der Waals surface area contributed by atoms with E-state index in [1.54, 1.807) is 12.1 Å². The van der Waals surface area contributed by atoms with E-state index >= 15 is 0 Å². The Balaban J connectivity index is 0.00000220. The number of phenolic OH excluding ortho intramolecular Hbond substituents is 1. The highest BCUT2D eigenvalue weighted by atomic mass is 35.5. The first-order valence-corrected chi connectivity index (χ1v) is 7.32. The predicted molar refractivity (Wildman–Crippen MR) is 85.7 cm³/mol. The van der Waals surface area contributed by atoms with E-state index in [0.717, 1.165) is 25.9 Å². The number of halogens is 1. The number of ether oxygens (including phenoxy) is 1. The van der Waals surface area contributed by atoms with Crippen molar-refractivity contribution in [2.75, 3.05) is 20.2 Å². The van der Waals surface area contributed by atoms with Crippen molar-refractivity contribution >= 4 is 18.2 Å². The number of benzene rings is 1. The first kappa shape index (κ1) is 17.8. The number of ketones is 1. The number of Topliss-reactive ketones (excluding diaryl/α,β-unsaturated/α-hetero) is 1. The predicted octanol–water partition coefficient (Wildman–Crippen LogP) is 3.27. The topological polar surface area (TPSA) is 49.8 Å². The molecular weight excluding hydrogens is 290 g/mol. The van der Waals surface area contributed by atoms with E-state index in [1.165, 1.54) is 26.0 Å². The lowest BCUT2D eigenvalue weighted by molar-refractivity contribution is 0.0837. The normalized spacial score (nSPS) is 16.3. The molecule has 1 aliphatic rings. The minimum absolute atomic E-state index is 0. The molecule has 4 nitrogen and oxygen atoms in total. The van der Waals surface area contributed by atoms with E-state index in [4.69, 9.17) is 4.74 Å². The number of likely N-dealkylation sites (tertiary alicyclic amines) is 1. The Morgan fingerprint density at radius 3 is 2.62 bits per heavy atom. The fourth-order valence-corrected chi connectivity index (χ4v) is 2.83. The summed E-state index contributed by atoms with van der Waals surface area (Å²) in [4.78, 5) is 15.0. The average Bonchev–Trinajstić information content (AvgIpc) is 2.98. The summed E-state index contributed by atoms with van der Waals surface area (Å²) < 4.78 is 5.09. The molecule has 0 aliphatic carbocycles. The summed E-state index contributed by atoms with van der Waals surface area (Å²) in [6.07, 6.45) is 4.21. The fourth-order valence-electron chi connectivity index (χ4n) is 2.83. The summed E-state index contributed by atoms with van der Waals surface area (Å²) in [5, 5.41) is 9.62. The molecule has 1 saturated heterocycles. The molecule has 0 amide bonds. The summed E-state index contributed by atoms with van der Waals surface area (Å²) >= 11 is 0. The highest BCUT2D eigenvalue weighted by molar-refractivity contribution is 6.00. The maximum Gasteiger partial charge on any atom is 0.180 e. The summed E-state index contributed by atoms with van der Waals surface area (Å²) in [5.41, 5.74) is 0.616. The Morgan fingerprint density at radius 1 is 1.38 bits per heavy atom. The van der Waals surface area contributed by atoms with Crippen molar-refractivity contribution in [1.29, 1.82) is 0 Å². The molecule has 1 unspecified atom stereocenters. The molecule has 1 atom stereocenters. The van der Waals surface area contributed by atoms with Crippen molar-refractivity contribution in [3.8, 4) is 11.5 Å². The van der Waals surface area contributed by atoms with Crippen LogP contribution in [0.4, 0.5) is 0 Å². The van der Waals surface area contributed by atoms with Crippen LogP contribution in [0, 0.1) is 0 Å². The molecule has 118 valence electrons. The lowest BCUT2D eigenvalue weighted by atomic mass is 9.99. The number of carbonyl (C=O) groups is 1. The lowest BCUT2D eigenvalue weighted by Crippen LogP contribution is -2.39. The van der Waals surface area contributed by atoms with Crippen molar-refractivity contribution in [3.63, 3.8) is 0 Å². The standard InChI is InChI=1S/C16H23NO3.ClH/c1-3-6-13(17-9-4-5-10-17)16(19)12-7-8-14(18)15(11-12)20-2;/h7-8,11,13,18H,3-6,9-10H2,1-2H3;1H. The van der Waals surface area contributed by atoms with Gasteiger partial charge in [-0.15, -0.1) is 12.4 Å². The largest absolute Gasteiger partial charge is 0.504 e. The molecule has 1 heterocycles. The molecule has 21 heavy (non-hydrogen) atoms. The van der Waals surface area contributed by atoms with Gasteiger partial charge in [-0.3, -0.25) is 9.69 Å². The molecule has 0 saturated carbocycles. The summed E-state index contributed by atoms with van der Waals surface area (Å²) in [6.45, 7) is 4.12. The smallest absolute Gasteiger partial charge is 0.180 e. The van der Waals surface area contributed by atoms with Crippen LogP contribution in [0.1, 0.15) is 43.0 Å². The van der Waals surface area contributed by atoms with Gasteiger partial charge in [0.2, 0.25) is 0 Å². The third-order valence-corrected chi connectivity index (χ3v) is 3.91. The van der Waals surface area contributed by atoms with Gasteiger partial charge in [0.25, 0.3) is 0 Å². The molecule has 0 radical (unpaired) electrons. The third kappa shape index (κ3) is 4.11. The Kier molecular flexibility index (Phi) is 6.99. The minimum Gasteiger partial charge on any atom is -0.504 e. The maximum atomic E-state index is 12.7. The molecule has 1 aromatic carbocycles. The molecular formula is C16H24ClNO3. The Hall–Kier alpha value is -1.26. The highest BCUT2D eigenvalue weighted by Crippen LogP contribution is 2.28. The van der Waals surface area contributed by atoms with Gasteiger partial charge in [0.05, 0.1) is 13.2 Å². The zero-order valence-corrected chi connectivity index (χ0v) is 13.5. The van der Waals surface area contributed by atoms with Crippen LogP contribution < -0.4 is 4.74 Å². The van der Waals surface area contributed by atoms with Crippen molar-refractivity contribution in [3.05, 3.63) is 23.8 Å². The SMILES string of the molecule is CCCC(C(=O)c1ccc(O)c(OC)c1)N1CCCC1.Cl. The Labute approximate surface area is 132 Å². The second-order valence-corrected chi connectivity index (χ2v) is 5.30. The number of aromatic hydroxyl groups is 1. The van der Waals surface area contributed by atoms with E-state index in [1.807, 2.05) is 0 Å². The monoisotopic (exact) mass is 313 g/mol. The first-order chi connectivity index (χ1) is 9.67. The molecule has 0 bridgehead atoms. The number of hydrogen-bond acceptors (Lipinski definition) is 4. The number of methoxy groups -OCH3 is 1. The molecule has 2 rings (SSSR count). The molecule has 1 N–H and O–H groups in total. The zero-order chi connectivity index (χ0) is 14.5. The van der Waals surface area contributed by atoms with Crippen molar-refractivity contribution in [2.45, 2.75) is 38.6 Å². The number of nitrogens with zero attached hydrogens (tertiary/aromatic N) is 1. The van der Waals surface area contributed by atoms with Gasteiger partial charge in [-0.05, 0) is 50.6 Å². The second-order valence-electron chi connectivity index (χ2n) is 5.30. The minimum atomic E-state index is -0.0447. The maximum absolute atomic E-state index is 12.7. The van der Waals surface area contributed by atoms with E-state index in [2.05, 4.69) is 11.8 Å². The van der Waals surface area contributed by atoms with Crippen LogP contribution in [0.25, 0.3) is 0 Å².